The molecule has 7 rings (SSSR count). The summed E-state index contributed by atoms with van der Waals surface area (Å²) in [7, 11) is 0. The predicted molar refractivity (Wildman–Crippen MR) is 245 cm³/mol. The van der Waals surface area contributed by atoms with E-state index >= 15 is 0 Å². The number of rotatable bonds is 10. The van der Waals surface area contributed by atoms with Gasteiger partial charge in [-0.1, -0.05) is 215 Å². The first-order valence-electron chi connectivity index (χ1n) is 21.0. The van der Waals surface area contributed by atoms with Crippen LogP contribution in [0.4, 0.5) is 11.4 Å². The maximum absolute atomic E-state index is 2.54. The molecule has 6 aromatic carbocycles. The first-order chi connectivity index (χ1) is 27.2. The van der Waals surface area contributed by atoms with Crippen molar-refractivity contribution in [3.63, 3.8) is 0 Å². The Balaban J connectivity index is 1.44. The van der Waals surface area contributed by atoms with Gasteiger partial charge >= 0.3 is 0 Å². The summed E-state index contributed by atoms with van der Waals surface area (Å²) in [5.41, 5.74) is 16.2. The lowest BCUT2D eigenvalue weighted by Crippen LogP contribution is -2.29. The highest BCUT2D eigenvalue weighted by Crippen LogP contribution is 2.47. The molecule has 1 heterocycles. The first-order valence-corrected chi connectivity index (χ1v) is 21.0. The van der Waals surface area contributed by atoms with Gasteiger partial charge in [0.25, 0.3) is 0 Å². The summed E-state index contributed by atoms with van der Waals surface area (Å²) in [6.07, 6.45) is 4.69. The smallest absolute Gasteiger partial charge is 0.0989 e. The molecule has 0 fully saturated rings. The molecular weight excluding hydrogens is 689 g/mol. The zero-order valence-electron chi connectivity index (χ0n) is 35.9. The number of benzene rings is 6. The van der Waals surface area contributed by atoms with Gasteiger partial charge in [0.2, 0.25) is 0 Å². The quantitative estimate of drug-likeness (QED) is 0.138. The Kier molecular flexibility index (Phi) is 11.4. The number of nitrogens with zero attached hydrogens (tertiary/aromatic N) is 2. The average molecular weight is 751 g/mol. The zero-order valence-corrected chi connectivity index (χ0v) is 35.9. The molecule has 1 aliphatic heterocycles. The van der Waals surface area contributed by atoms with Gasteiger partial charge in [0.15, 0.2) is 0 Å². The summed E-state index contributed by atoms with van der Waals surface area (Å²) in [5, 5.41) is 0. The van der Waals surface area contributed by atoms with Gasteiger partial charge in [0, 0.05) is 47.4 Å². The Morgan fingerprint density at radius 2 is 0.596 bits per heavy atom. The molecule has 2 heteroatoms. The minimum Gasteiger partial charge on any atom is -0.327 e. The van der Waals surface area contributed by atoms with Crippen molar-refractivity contribution in [2.45, 2.75) is 104 Å². The molecule has 0 radical (unpaired) electrons. The molecule has 0 N–H and O–H groups in total. The lowest BCUT2D eigenvalue weighted by atomic mass is 9.78. The highest BCUT2D eigenvalue weighted by atomic mass is 15.3. The Bertz CT molecular complexity index is 2000. The van der Waals surface area contributed by atoms with Crippen LogP contribution in [-0.2, 0) is 10.8 Å². The molecule has 0 bridgehead atoms. The highest BCUT2D eigenvalue weighted by molar-refractivity contribution is 5.74. The van der Waals surface area contributed by atoms with Crippen LogP contribution in [0.1, 0.15) is 149 Å². The van der Waals surface area contributed by atoms with E-state index in [9.17, 15) is 0 Å². The van der Waals surface area contributed by atoms with Gasteiger partial charge in [-0.05, 0) is 66.5 Å². The Hall–Kier alpha value is -5.34. The van der Waals surface area contributed by atoms with Crippen LogP contribution in [0.2, 0.25) is 0 Å². The molecule has 0 amide bonds. The van der Waals surface area contributed by atoms with Gasteiger partial charge in [0.05, 0.1) is 6.67 Å². The van der Waals surface area contributed by atoms with Gasteiger partial charge in [-0.3, -0.25) is 0 Å². The van der Waals surface area contributed by atoms with E-state index in [0.717, 1.165) is 6.67 Å². The lowest BCUT2D eigenvalue weighted by molar-refractivity contribution is 0.587. The second kappa shape index (κ2) is 16.3. The third-order valence-corrected chi connectivity index (χ3v) is 12.4. The van der Waals surface area contributed by atoms with Crippen molar-refractivity contribution < 1.29 is 0 Å². The summed E-state index contributed by atoms with van der Waals surface area (Å²) in [6.45, 7) is 24.4. The van der Waals surface area contributed by atoms with Crippen LogP contribution < -0.4 is 9.80 Å². The fraction of sp³-hybridized carbons (Fsp3) is 0.309. The standard InChI is InChI=1S/C55H62N2/c1-38(42-23-15-11-16-24-42)48-33-46(54(5,6)7)34-49(39(2)43-25-17-12-18-26-43)52(48)56-31-32-57(37-56)53-50(40(3)44-27-19-13-20-28-44)35-47(55(8,9)10)36-51(53)41(4)45-29-21-14-22-30-45/h11-36,38-41H,37H2,1-10H3. The van der Waals surface area contributed by atoms with Gasteiger partial charge in [-0.2, -0.15) is 0 Å². The second-order valence-electron chi connectivity index (χ2n) is 18.4. The molecule has 6 aromatic rings. The Morgan fingerprint density at radius 3 is 0.807 bits per heavy atom. The van der Waals surface area contributed by atoms with E-state index in [1.165, 1.54) is 67.0 Å². The van der Waals surface area contributed by atoms with Crippen molar-refractivity contribution in [1.82, 2.24) is 0 Å². The summed E-state index contributed by atoms with van der Waals surface area (Å²) in [4.78, 5) is 5.09. The average Bonchev–Trinajstić information content (AvgIpc) is 3.72. The molecule has 0 saturated heterocycles. The molecule has 2 nitrogen and oxygen atoms in total. The molecule has 4 atom stereocenters. The maximum atomic E-state index is 2.54. The number of hydrogen-bond donors (Lipinski definition) is 0. The monoisotopic (exact) mass is 750 g/mol. The Labute approximate surface area is 343 Å². The van der Waals surface area contributed by atoms with Crippen LogP contribution >= 0.6 is 0 Å². The van der Waals surface area contributed by atoms with Crippen molar-refractivity contribution in [3.05, 3.63) is 214 Å². The van der Waals surface area contributed by atoms with Crippen LogP contribution in [-0.4, -0.2) is 6.67 Å². The minimum absolute atomic E-state index is 0.0124. The molecule has 57 heavy (non-hydrogen) atoms. The number of anilines is 2. The summed E-state index contributed by atoms with van der Waals surface area (Å²) in [5.74, 6) is 0.782. The molecule has 0 spiro atoms. The normalized spacial score (nSPS) is 15.4. The van der Waals surface area contributed by atoms with Crippen LogP contribution in [0.3, 0.4) is 0 Å². The number of hydrogen-bond acceptors (Lipinski definition) is 2. The lowest BCUT2D eigenvalue weighted by Gasteiger charge is -2.35. The summed E-state index contributed by atoms with van der Waals surface area (Å²) >= 11 is 0. The van der Waals surface area contributed by atoms with E-state index in [1.807, 2.05) is 0 Å². The van der Waals surface area contributed by atoms with Crippen molar-refractivity contribution in [2.75, 3.05) is 16.5 Å². The zero-order chi connectivity index (χ0) is 40.5. The molecular formula is C55H62N2. The van der Waals surface area contributed by atoms with E-state index in [2.05, 4.69) is 237 Å². The van der Waals surface area contributed by atoms with Crippen molar-refractivity contribution in [3.8, 4) is 0 Å². The van der Waals surface area contributed by atoms with Crippen LogP contribution in [0, 0.1) is 0 Å². The SMILES string of the molecule is CC(c1ccccc1)c1cc(C(C)(C)C)cc(C(C)c2ccccc2)c1N1C=CN(c2c(C(C)c3ccccc3)cc(C(C)(C)C)cc2C(C)c2ccccc2)C1. The largest absolute Gasteiger partial charge is 0.327 e. The predicted octanol–water partition coefficient (Wildman–Crippen LogP) is 14.6. The second-order valence-corrected chi connectivity index (χ2v) is 18.4. The van der Waals surface area contributed by atoms with Gasteiger partial charge in [-0.25, -0.2) is 0 Å². The molecule has 1 aliphatic rings. The fourth-order valence-corrected chi connectivity index (χ4v) is 8.60. The highest BCUT2D eigenvalue weighted by Gasteiger charge is 2.33. The van der Waals surface area contributed by atoms with Crippen LogP contribution in [0.5, 0.6) is 0 Å². The van der Waals surface area contributed by atoms with E-state index in [4.69, 9.17) is 0 Å². The first kappa shape index (κ1) is 39.9. The van der Waals surface area contributed by atoms with Crippen LogP contribution in [0.25, 0.3) is 0 Å². The molecule has 4 unspecified atom stereocenters. The maximum Gasteiger partial charge on any atom is 0.0989 e. The van der Waals surface area contributed by atoms with Gasteiger partial charge in [-0.15, -0.1) is 0 Å². The molecule has 0 saturated carbocycles. The fourth-order valence-electron chi connectivity index (χ4n) is 8.60. The summed E-state index contributed by atoms with van der Waals surface area (Å²) in [6, 6.07) is 54.2. The Morgan fingerprint density at radius 1 is 0.368 bits per heavy atom. The summed E-state index contributed by atoms with van der Waals surface area (Å²) < 4.78 is 0. The topological polar surface area (TPSA) is 6.48 Å². The van der Waals surface area contributed by atoms with E-state index in [-0.39, 0.29) is 34.5 Å². The van der Waals surface area contributed by atoms with Gasteiger partial charge < -0.3 is 9.80 Å². The van der Waals surface area contributed by atoms with Crippen molar-refractivity contribution in [2.24, 2.45) is 0 Å². The van der Waals surface area contributed by atoms with E-state index in [1.54, 1.807) is 0 Å². The van der Waals surface area contributed by atoms with Crippen molar-refractivity contribution >= 4 is 11.4 Å². The van der Waals surface area contributed by atoms with Crippen LogP contribution in [0.15, 0.2) is 158 Å². The minimum atomic E-state index is -0.0124. The molecule has 0 aliphatic carbocycles. The molecule has 292 valence electrons. The third kappa shape index (κ3) is 8.38. The van der Waals surface area contributed by atoms with E-state index in [0.29, 0.717) is 0 Å². The molecule has 0 aromatic heterocycles. The third-order valence-electron chi connectivity index (χ3n) is 12.4. The van der Waals surface area contributed by atoms with E-state index < -0.39 is 0 Å². The van der Waals surface area contributed by atoms with Gasteiger partial charge in [0.1, 0.15) is 0 Å². The van der Waals surface area contributed by atoms with Crippen molar-refractivity contribution in [1.29, 1.82) is 0 Å².